The minimum atomic E-state index is -0.157. The lowest BCUT2D eigenvalue weighted by Gasteiger charge is -2.17. The molecule has 1 aliphatic carbocycles. The summed E-state index contributed by atoms with van der Waals surface area (Å²) in [5.41, 5.74) is 2.44. The van der Waals surface area contributed by atoms with Crippen LogP contribution < -0.4 is 0 Å². The maximum Gasteiger partial charge on any atom is 0.194 e. The van der Waals surface area contributed by atoms with Crippen molar-refractivity contribution in [2.75, 3.05) is 0 Å². The quantitative estimate of drug-likeness (QED) is 0.677. The second-order valence-corrected chi connectivity index (χ2v) is 5.63. The molecule has 1 aliphatic rings. The normalized spacial score (nSPS) is 12.5. The van der Waals surface area contributed by atoms with Crippen molar-refractivity contribution in [1.82, 2.24) is 0 Å². The molecule has 0 amide bonds. The van der Waals surface area contributed by atoms with Gasteiger partial charge in [-0.05, 0) is 18.1 Å². The van der Waals surface area contributed by atoms with E-state index in [2.05, 4.69) is 6.58 Å². The van der Waals surface area contributed by atoms with Gasteiger partial charge in [0.15, 0.2) is 11.6 Å². The Morgan fingerprint density at radius 3 is 2.17 bits per heavy atom. The molecule has 3 heteroatoms. The van der Waals surface area contributed by atoms with Crippen LogP contribution in [0.5, 0.6) is 0 Å². The fourth-order valence-corrected chi connectivity index (χ4v) is 2.84. The lowest BCUT2D eigenvalue weighted by atomic mass is 9.83. The van der Waals surface area contributed by atoms with Gasteiger partial charge in [-0.3, -0.25) is 14.4 Å². The van der Waals surface area contributed by atoms with Gasteiger partial charge in [-0.25, -0.2) is 0 Å². The highest BCUT2D eigenvalue weighted by atomic mass is 16.1. The number of allylic oxidation sites excluding steroid dienone is 1. The summed E-state index contributed by atoms with van der Waals surface area (Å²) >= 11 is 0. The maximum atomic E-state index is 12.6. The minimum Gasteiger partial charge on any atom is -0.299 e. The Kier molecular flexibility index (Phi) is 4.02. The molecule has 0 heterocycles. The van der Waals surface area contributed by atoms with Gasteiger partial charge in [-0.1, -0.05) is 42.5 Å². The summed E-state index contributed by atoms with van der Waals surface area (Å²) in [7, 11) is 0. The van der Waals surface area contributed by atoms with Gasteiger partial charge in [0.25, 0.3) is 0 Å². The van der Waals surface area contributed by atoms with Crippen molar-refractivity contribution in [1.29, 1.82) is 0 Å². The summed E-state index contributed by atoms with van der Waals surface area (Å²) in [6.07, 6.45) is 3.07. The Labute approximate surface area is 134 Å². The average molecular weight is 304 g/mol. The predicted octanol–water partition coefficient (Wildman–Crippen LogP) is 3.54. The first-order valence-corrected chi connectivity index (χ1v) is 7.55. The van der Waals surface area contributed by atoms with E-state index in [0.717, 1.165) is 5.56 Å². The summed E-state index contributed by atoms with van der Waals surface area (Å²) in [6.45, 7) is 3.60. The van der Waals surface area contributed by atoms with Gasteiger partial charge in [0.05, 0.1) is 0 Å². The maximum absolute atomic E-state index is 12.6. The van der Waals surface area contributed by atoms with Crippen LogP contribution in [0.25, 0.3) is 0 Å². The largest absolute Gasteiger partial charge is 0.299 e. The molecule has 114 valence electrons. The lowest BCUT2D eigenvalue weighted by molar-refractivity contribution is -0.118. The predicted molar refractivity (Wildman–Crippen MR) is 87.9 cm³/mol. The molecule has 0 aromatic heterocycles. The van der Waals surface area contributed by atoms with Crippen LogP contribution in [0.3, 0.4) is 0 Å². The van der Waals surface area contributed by atoms with Gasteiger partial charge in [-0.15, -0.1) is 6.58 Å². The van der Waals surface area contributed by atoms with Crippen molar-refractivity contribution in [3.8, 4) is 0 Å². The van der Waals surface area contributed by atoms with Crippen molar-refractivity contribution >= 4 is 17.3 Å². The number of fused-ring (bicyclic) bond motifs is 2. The highest BCUT2D eigenvalue weighted by Gasteiger charge is 2.29. The number of hydrogen-bond acceptors (Lipinski definition) is 3. The number of carbonyl (C=O) groups is 3. The fourth-order valence-electron chi connectivity index (χ4n) is 2.84. The first-order chi connectivity index (χ1) is 11.1. The van der Waals surface area contributed by atoms with E-state index in [1.54, 1.807) is 48.5 Å². The zero-order valence-electron chi connectivity index (χ0n) is 12.7. The minimum absolute atomic E-state index is 0.0971. The van der Waals surface area contributed by atoms with Crippen LogP contribution in [0.4, 0.5) is 0 Å². The van der Waals surface area contributed by atoms with Crippen molar-refractivity contribution in [2.45, 2.75) is 19.3 Å². The molecule has 0 spiro atoms. The smallest absolute Gasteiger partial charge is 0.194 e. The summed E-state index contributed by atoms with van der Waals surface area (Å²) in [6, 6.07) is 11.9. The third-order valence-electron chi connectivity index (χ3n) is 4.02. The van der Waals surface area contributed by atoms with Crippen LogP contribution in [0.15, 0.2) is 55.1 Å². The van der Waals surface area contributed by atoms with Crippen LogP contribution in [0.2, 0.25) is 0 Å². The molecule has 0 bridgehead atoms. The first kappa shape index (κ1) is 15.1. The molecule has 0 saturated heterocycles. The number of carbonyl (C=O) groups excluding carboxylic acids is 3. The van der Waals surface area contributed by atoms with Crippen molar-refractivity contribution in [3.05, 3.63) is 82.9 Å². The van der Waals surface area contributed by atoms with Crippen molar-refractivity contribution in [2.24, 2.45) is 0 Å². The van der Waals surface area contributed by atoms with Crippen LogP contribution in [-0.2, 0) is 11.2 Å². The molecule has 3 rings (SSSR count). The van der Waals surface area contributed by atoms with Gasteiger partial charge >= 0.3 is 0 Å². The van der Waals surface area contributed by atoms with Gasteiger partial charge < -0.3 is 0 Å². The van der Waals surface area contributed by atoms with Crippen LogP contribution in [-0.4, -0.2) is 17.3 Å². The number of ketones is 3. The third kappa shape index (κ3) is 2.78. The molecule has 0 fully saturated rings. The molecule has 0 atom stereocenters. The Balaban J connectivity index is 1.94. The third-order valence-corrected chi connectivity index (χ3v) is 4.02. The van der Waals surface area contributed by atoms with E-state index in [0.29, 0.717) is 35.1 Å². The monoisotopic (exact) mass is 304 g/mol. The molecule has 3 nitrogen and oxygen atoms in total. The zero-order valence-corrected chi connectivity index (χ0v) is 12.7. The van der Waals surface area contributed by atoms with Gasteiger partial charge in [-0.2, -0.15) is 0 Å². The van der Waals surface area contributed by atoms with Gasteiger partial charge in [0.1, 0.15) is 5.78 Å². The van der Waals surface area contributed by atoms with E-state index in [-0.39, 0.29) is 23.8 Å². The molecule has 0 saturated carbocycles. The van der Waals surface area contributed by atoms with Crippen molar-refractivity contribution in [3.63, 3.8) is 0 Å². The molecule has 23 heavy (non-hydrogen) atoms. The van der Waals surface area contributed by atoms with Gasteiger partial charge in [0.2, 0.25) is 0 Å². The zero-order chi connectivity index (χ0) is 16.4. The van der Waals surface area contributed by atoms with E-state index in [1.165, 1.54) is 0 Å². The van der Waals surface area contributed by atoms with Crippen LogP contribution in [0, 0.1) is 0 Å². The average Bonchev–Trinajstić information content (AvgIpc) is 2.58. The number of rotatable bonds is 5. The Hall–Kier alpha value is -2.81. The standard InChI is InChI=1S/C20H16O3/c1-2-3-6-14(21)11-13-9-10-17-18(12-13)20(23)16-8-5-4-7-15(16)19(17)22/h2,4-5,7-10,12H,1,3,6,11H2. The molecular weight excluding hydrogens is 288 g/mol. The van der Waals surface area contributed by atoms with E-state index < -0.39 is 0 Å². The fraction of sp³-hybridized carbons (Fsp3) is 0.150. The number of benzene rings is 2. The van der Waals surface area contributed by atoms with E-state index in [4.69, 9.17) is 0 Å². The molecule has 2 aromatic carbocycles. The molecular formula is C20H16O3. The number of hydrogen-bond donors (Lipinski definition) is 0. The molecule has 0 unspecified atom stereocenters. The van der Waals surface area contributed by atoms with Crippen LogP contribution >= 0.6 is 0 Å². The lowest BCUT2D eigenvalue weighted by Crippen LogP contribution is -2.21. The first-order valence-electron chi connectivity index (χ1n) is 7.55. The molecule has 0 radical (unpaired) electrons. The van der Waals surface area contributed by atoms with Crippen molar-refractivity contribution < 1.29 is 14.4 Å². The summed E-state index contributed by atoms with van der Waals surface area (Å²) in [4.78, 5) is 37.0. The Bertz CT molecular complexity index is 831. The van der Waals surface area contributed by atoms with E-state index >= 15 is 0 Å². The van der Waals surface area contributed by atoms with Crippen LogP contribution in [0.1, 0.15) is 50.2 Å². The molecule has 0 N–H and O–H groups in total. The Morgan fingerprint density at radius 2 is 1.52 bits per heavy atom. The summed E-state index contributed by atoms with van der Waals surface area (Å²) in [5, 5.41) is 0. The SMILES string of the molecule is C=CCCC(=O)Cc1ccc2c(c1)C(=O)c1ccccc1C2=O. The topological polar surface area (TPSA) is 51.2 Å². The summed E-state index contributed by atoms with van der Waals surface area (Å²) < 4.78 is 0. The molecule has 0 aliphatic heterocycles. The van der Waals surface area contributed by atoms with E-state index in [9.17, 15) is 14.4 Å². The highest BCUT2D eigenvalue weighted by Crippen LogP contribution is 2.28. The Morgan fingerprint density at radius 1 is 0.913 bits per heavy atom. The molecule has 2 aromatic rings. The highest BCUT2D eigenvalue weighted by molar-refractivity contribution is 6.28. The second-order valence-electron chi connectivity index (χ2n) is 5.63. The van der Waals surface area contributed by atoms with Gasteiger partial charge in [0, 0.05) is 35.1 Å². The van der Waals surface area contributed by atoms with E-state index in [1.807, 2.05) is 0 Å². The second kappa shape index (κ2) is 6.13. The number of Topliss-reactive ketones (excluding diaryl/α,β-unsaturated/α-hetero) is 1. The summed E-state index contributed by atoms with van der Waals surface area (Å²) in [5.74, 6) is -0.199.